The molecule has 6 rings (SSSR count). The summed E-state index contributed by atoms with van der Waals surface area (Å²) in [6.45, 7) is -0.288. The standard InChI is InChI=1S/C31H24ClN3O8S/c1-44-11-10-31(30(40)41)24-23(25(33-31)21-13-16(32)7-9-22(21)35(42)43)28(38)34(29(24)39)14-15-6-8-19-20(12-15)27(37)18-5-3-2-4-17(18)26(19)36/h2-9,12-13,23-25,33H,10-11,14H2,1H3,(H,40,41). The molecule has 11 nitrogen and oxygen atoms in total. The van der Waals surface area contributed by atoms with Gasteiger partial charge in [0.2, 0.25) is 11.8 Å². The quantitative estimate of drug-likeness (QED) is 0.164. The maximum Gasteiger partial charge on any atom is 0.324 e. The molecule has 0 bridgehead atoms. The third-order valence-electron chi connectivity index (χ3n) is 8.68. The zero-order chi connectivity index (χ0) is 31.5. The van der Waals surface area contributed by atoms with Gasteiger partial charge in [-0.25, -0.2) is 0 Å². The number of carbonyl (C=O) groups is 5. The minimum Gasteiger partial charge on any atom is -0.480 e. The van der Waals surface area contributed by atoms with Crippen molar-refractivity contribution in [1.82, 2.24) is 10.2 Å². The van der Waals surface area contributed by atoms with Crippen LogP contribution in [-0.2, 0) is 20.9 Å². The molecule has 2 amide bonds. The average molecular weight is 634 g/mol. The number of imide groups is 1. The number of likely N-dealkylation sites (tertiary alicyclic amines) is 1. The van der Waals surface area contributed by atoms with Crippen molar-refractivity contribution in [3.8, 4) is 0 Å². The number of halogens is 1. The number of benzene rings is 3. The molecule has 0 saturated carbocycles. The predicted octanol–water partition coefficient (Wildman–Crippen LogP) is 4.05. The molecule has 2 fully saturated rings. The molecule has 2 aliphatic heterocycles. The fourth-order valence-electron chi connectivity index (χ4n) is 6.65. The van der Waals surface area contributed by atoms with E-state index in [0.717, 1.165) is 4.90 Å². The van der Waals surface area contributed by atoms with Crippen LogP contribution in [0.3, 0.4) is 0 Å². The largest absolute Gasteiger partial charge is 0.480 e. The van der Waals surface area contributed by atoms with E-state index in [4.69, 9.17) is 11.6 Å². The van der Waals surface area contributed by atoms with Crippen molar-refractivity contribution >= 4 is 58.4 Å². The Morgan fingerprint density at radius 2 is 1.66 bits per heavy atom. The molecular weight excluding hydrogens is 610 g/mol. The third kappa shape index (κ3) is 4.44. The number of amides is 2. The summed E-state index contributed by atoms with van der Waals surface area (Å²) in [5, 5.41) is 25.5. The molecule has 1 aliphatic carbocycles. The van der Waals surface area contributed by atoms with Gasteiger partial charge in [-0.15, -0.1) is 0 Å². The van der Waals surface area contributed by atoms with Crippen LogP contribution in [0, 0.1) is 22.0 Å². The topological polar surface area (TPSA) is 164 Å². The lowest BCUT2D eigenvalue weighted by Crippen LogP contribution is -2.56. The molecule has 0 radical (unpaired) electrons. The molecule has 2 saturated heterocycles. The van der Waals surface area contributed by atoms with Crippen LogP contribution in [0.5, 0.6) is 0 Å². The lowest BCUT2D eigenvalue weighted by atomic mass is 9.78. The summed E-state index contributed by atoms with van der Waals surface area (Å²) in [6, 6.07) is 13.6. The molecule has 44 heavy (non-hydrogen) atoms. The molecule has 3 aromatic rings. The van der Waals surface area contributed by atoms with E-state index in [2.05, 4.69) is 5.32 Å². The second-order valence-electron chi connectivity index (χ2n) is 11.0. The van der Waals surface area contributed by atoms with Gasteiger partial charge in [-0.05, 0) is 48.3 Å². The Kier molecular flexibility index (Phi) is 7.39. The van der Waals surface area contributed by atoms with Crippen molar-refractivity contribution in [2.24, 2.45) is 11.8 Å². The van der Waals surface area contributed by atoms with E-state index in [9.17, 15) is 39.2 Å². The van der Waals surface area contributed by atoms with Gasteiger partial charge in [0.05, 0.1) is 29.3 Å². The van der Waals surface area contributed by atoms with Crippen molar-refractivity contribution in [3.63, 3.8) is 0 Å². The first kappa shape index (κ1) is 29.7. The van der Waals surface area contributed by atoms with Crippen LogP contribution in [0.4, 0.5) is 5.69 Å². The average Bonchev–Trinajstić information content (AvgIpc) is 3.48. The van der Waals surface area contributed by atoms with Gasteiger partial charge < -0.3 is 5.11 Å². The van der Waals surface area contributed by atoms with Crippen LogP contribution in [-0.4, -0.2) is 61.8 Å². The minimum absolute atomic E-state index is 0.00401. The minimum atomic E-state index is -1.89. The van der Waals surface area contributed by atoms with Crippen LogP contribution >= 0.6 is 23.4 Å². The summed E-state index contributed by atoms with van der Waals surface area (Å²) in [5.41, 5.74) is -0.987. The molecule has 3 aromatic carbocycles. The Balaban J connectivity index is 1.41. The van der Waals surface area contributed by atoms with E-state index in [1.54, 1.807) is 36.6 Å². The number of hydrogen-bond acceptors (Lipinski definition) is 9. The highest BCUT2D eigenvalue weighted by molar-refractivity contribution is 7.98. The molecule has 13 heteroatoms. The number of carbonyl (C=O) groups excluding carboxylic acids is 4. The molecule has 3 aliphatic rings. The number of nitrogens with zero attached hydrogens (tertiary/aromatic N) is 2. The van der Waals surface area contributed by atoms with Gasteiger partial charge in [-0.1, -0.05) is 41.9 Å². The predicted molar refractivity (Wildman–Crippen MR) is 160 cm³/mol. The number of nitro benzene ring substituents is 1. The summed E-state index contributed by atoms with van der Waals surface area (Å²) >= 11 is 7.55. The molecule has 2 N–H and O–H groups in total. The van der Waals surface area contributed by atoms with Gasteiger partial charge in [-0.2, -0.15) is 11.8 Å². The zero-order valence-corrected chi connectivity index (χ0v) is 24.7. The van der Waals surface area contributed by atoms with Gasteiger partial charge in [0.15, 0.2) is 11.6 Å². The van der Waals surface area contributed by atoms with Crippen LogP contribution < -0.4 is 5.32 Å². The second kappa shape index (κ2) is 11.0. The summed E-state index contributed by atoms with van der Waals surface area (Å²) in [4.78, 5) is 79.5. The molecule has 0 spiro atoms. The lowest BCUT2D eigenvalue weighted by molar-refractivity contribution is -0.385. The highest BCUT2D eigenvalue weighted by Gasteiger charge is 2.68. The van der Waals surface area contributed by atoms with E-state index >= 15 is 0 Å². The fraction of sp³-hybridized carbons (Fsp3) is 0.258. The van der Waals surface area contributed by atoms with Crippen LogP contribution in [0.1, 0.15) is 55.4 Å². The van der Waals surface area contributed by atoms with Gasteiger partial charge in [0.25, 0.3) is 5.69 Å². The van der Waals surface area contributed by atoms with E-state index in [1.807, 2.05) is 0 Å². The number of hydrogen-bond donors (Lipinski definition) is 2. The van der Waals surface area contributed by atoms with Crippen molar-refractivity contribution < 1.29 is 34.0 Å². The first-order valence-electron chi connectivity index (χ1n) is 13.6. The van der Waals surface area contributed by atoms with Crippen molar-refractivity contribution in [3.05, 3.63) is 109 Å². The van der Waals surface area contributed by atoms with Gasteiger partial charge in [0, 0.05) is 38.9 Å². The van der Waals surface area contributed by atoms with E-state index < -0.39 is 46.1 Å². The summed E-state index contributed by atoms with van der Waals surface area (Å²) in [7, 11) is 0. The number of nitro groups is 1. The number of ketones is 2. The summed E-state index contributed by atoms with van der Waals surface area (Å²) < 4.78 is 0. The van der Waals surface area contributed by atoms with Crippen LogP contribution in [0.25, 0.3) is 0 Å². The molecule has 2 heterocycles. The number of carboxylic acid groups (broad SMARTS) is 1. The van der Waals surface area contributed by atoms with Crippen molar-refractivity contribution in [1.29, 1.82) is 0 Å². The highest BCUT2D eigenvalue weighted by atomic mass is 35.5. The number of nitrogens with one attached hydrogen (secondary N) is 1. The molecular formula is C31H24ClN3O8S. The van der Waals surface area contributed by atoms with Gasteiger partial charge >= 0.3 is 5.97 Å². The van der Waals surface area contributed by atoms with E-state index in [1.165, 1.54) is 42.1 Å². The smallest absolute Gasteiger partial charge is 0.324 e. The molecule has 4 unspecified atom stereocenters. The summed E-state index contributed by atoms with van der Waals surface area (Å²) in [6.07, 6.45) is 1.74. The first-order valence-corrected chi connectivity index (χ1v) is 15.4. The van der Waals surface area contributed by atoms with Crippen molar-refractivity contribution in [2.75, 3.05) is 12.0 Å². The SMILES string of the molecule is CSCCC1(C(=O)O)NC(c2cc(Cl)ccc2[N+](=O)[O-])C2C(=O)N(Cc3ccc4c(c3)C(=O)c3ccccc3C4=O)C(=O)C21. The van der Waals surface area contributed by atoms with Crippen molar-refractivity contribution in [2.45, 2.75) is 24.5 Å². The lowest BCUT2D eigenvalue weighted by Gasteiger charge is -2.31. The monoisotopic (exact) mass is 633 g/mol. The fourth-order valence-corrected chi connectivity index (χ4v) is 7.36. The Bertz CT molecular complexity index is 1810. The maximum atomic E-state index is 14.0. The second-order valence-corrected chi connectivity index (χ2v) is 12.4. The Hall–Kier alpha value is -4.39. The third-order valence-corrected chi connectivity index (χ3v) is 9.53. The van der Waals surface area contributed by atoms with E-state index in [0.29, 0.717) is 16.9 Å². The van der Waals surface area contributed by atoms with Gasteiger partial charge in [0.1, 0.15) is 5.54 Å². The Morgan fingerprint density at radius 1 is 1.00 bits per heavy atom. The first-order chi connectivity index (χ1) is 21.0. The Morgan fingerprint density at radius 3 is 2.30 bits per heavy atom. The molecule has 224 valence electrons. The Labute approximate surface area is 259 Å². The number of fused-ring (bicyclic) bond motifs is 3. The normalized spacial score (nSPS) is 23.9. The molecule has 0 aromatic heterocycles. The number of carboxylic acids is 1. The number of thioether (sulfide) groups is 1. The number of aliphatic carboxylic acids is 1. The number of rotatable bonds is 8. The summed E-state index contributed by atoms with van der Waals surface area (Å²) in [5.74, 6) is -5.79. The highest BCUT2D eigenvalue weighted by Crippen LogP contribution is 2.52. The molecule has 4 atom stereocenters. The zero-order valence-electron chi connectivity index (χ0n) is 23.1. The van der Waals surface area contributed by atoms with Gasteiger partial charge in [-0.3, -0.25) is 44.3 Å². The van der Waals surface area contributed by atoms with E-state index in [-0.39, 0.29) is 57.5 Å². The van der Waals surface area contributed by atoms with Crippen LogP contribution in [0.15, 0.2) is 60.7 Å². The van der Waals surface area contributed by atoms with Crippen LogP contribution in [0.2, 0.25) is 5.02 Å². The maximum absolute atomic E-state index is 14.0.